The number of aryl methyl sites for hydroxylation is 1. The van der Waals surface area contributed by atoms with Crippen molar-refractivity contribution < 1.29 is 27.0 Å². The molecule has 302 valence electrons. The summed E-state index contributed by atoms with van der Waals surface area (Å²) in [6.45, 7) is 8.60. The van der Waals surface area contributed by atoms with Gasteiger partial charge in [0.05, 0.1) is 16.2 Å². The Morgan fingerprint density at radius 2 is 0.984 bits per heavy atom. The topological polar surface area (TPSA) is 71.0 Å². The molecule has 1 fully saturated rings. The zero-order chi connectivity index (χ0) is 41.6. The van der Waals surface area contributed by atoms with E-state index in [9.17, 15) is 0 Å². The van der Waals surface area contributed by atoms with Gasteiger partial charge in [-0.15, -0.1) is 0 Å². The lowest BCUT2D eigenvalue weighted by atomic mass is 9.78. The van der Waals surface area contributed by atoms with Gasteiger partial charge in [-0.25, -0.2) is 0 Å². The molecule has 0 spiro atoms. The van der Waals surface area contributed by atoms with Crippen LogP contribution in [0.1, 0.15) is 51.7 Å². The smallest absolute Gasteiger partial charge is 0.456 e. The second kappa shape index (κ2) is 12.9. The number of hydrogen-bond acceptors (Lipinski definition) is 6. The van der Waals surface area contributed by atoms with E-state index in [1.807, 2.05) is 18.2 Å². The van der Waals surface area contributed by atoms with Crippen LogP contribution in [-0.2, 0) is 22.2 Å². The number of furan rings is 4. The maximum atomic E-state index is 7.03. The highest BCUT2D eigenvalue weighted by atomic mass is 35.5. The van der Waals surface area contributed by atoms with E-state index in [4.69, 9.17) is 38.6 Å². The molecule has 0 radical (unpaired) electrons. The third-order valence-electron chi connectivity index (χ3n) is 14.0. The fourth-order valence-corrected chi connectivity index (χ4v) is 10.5. The van der Waals surface area contributed by atoms with E-state index in [-0.39, 0.29) is 0 Å². The van der Waals surface area contributed by atoms with Crippen molar-refractivity contribution in [3.8, 4) is 0 Å². The standard InChI is InChI=1S/C54H40BClO6/c1-5-6-9-29-15-25-45-42(26-29)41-24-23-39-38(48(41)57-45)21-19-35-32-10-7-12-43(51(32)59-49(35)39)55-61-53(2,3)54(4,62-55)28-30-14-16-31-34-17-18-40-37(47(34)58-46(31)27-30)22-20-36-33-11-8-13-44(56)52(33)60-50(36)40/h7-8,10-27H,5-6,9,28H2,1-4H3. The Hall–Kier alpha value is -6.25. The van der Waals surface area contributed by atoms with Crippen LogP contribution < -0.4 is 5.46 Å². The van der Waals surface area contributed by atoms with Gasteiger partial charge in [-0.2, -0.15) is 0 Å². The summed E-state index contributed by atoms with van der Waals surface area (Å²) in [5, 5.41) is 13.2. The summed E-state index contributed by atoms with van der Waals surface area (Å²) in [6.07, 6.45) is 4.03. The molecule has 6 nitrogen and oxygen atoms in total. The van der Waals surface area contributed by atoms with Gasteiger partial charge in [0.2, 0.25) is 0 Å². The van der Waals surface area contributed by atoms with Gasteiger partial charge in [-0.3, -0.25) is 0 Å². The summed E-state index contributed by atoms with van der Waals surface area (Å²) in [6, 6.07) is 42.4. The summed E-state index contributed by atoms with van der Waals surface area (Å²) in [7, 11) is -0.638. The van der Waals surface area contributed by atoms with E-state index in [0.29, 0.717) is 17.0 Å². The Kier molecular flexibility index (Phi) is 7.58. The lowest BCUT2D eigenvalue weighted by Crippen LogP contribution is -2.46. The van der Waals surface area contributed by atoms with Crippen molar-refractivity contribution in [2.45, 2.75) is 64.6 Å². The Morgan fingerprint density at radius 1 is 0.468 bits per heavy atom. The highest BCUT2D eigenvalue weighted by molar-refractivity contribution is 6.65. The zero-order valence-corrected chi connectivity index (χ0v) is 35.5. The molecule has 0 N–H and O–H groups in total. The van der Waals surface area contributed by atoms with Crippen LogP contribution in [-0.4, -0.2) is 18.3 Å². The molecule has 0 saturated carbocycles. The van der Waals surface area contributed by atoms with E-state index >= 15 is 0 Å². The molecule has 4 aromatic heterocycles. The predicted octanol–water partition coefficient (Wildman–Crippen LogP) is 15.1. The molecule has 13 rings (SSSR count). The first-order valence-electron chi connectivity index (χ1n) is 21.6. The molecule has 8 aromatic carbocycles. The minimum atomic E-state index is -0.678. The summed E-state index contributed by atoms with van der Waals surface area (Å²) < 4.78 is 40.4. The molecule has 1 aliphatic heterocycles. The van der Waals surface area contributed by atoms with Gasteiger partial charge >= 0.3 is 7.12 Å². The second-order valence-electron chi connectivity index (χ2n) is 18.0. The molecule has 0 aliphatic carbocycles. The van der Waals surface area contributed by atoms with Gasteiger partial charge in [-0.05, 0) is 118 Å². The van der Waals surface area contributed by atoms with Crippen molar-refractivity contribution in [3.63, 3.8) is 0 Å². The monoisotopic (exact) mass is 830 g/mol. The molecule has 0 amide bonds. The van der Waals surface area contributed by atoms with Crippen molar-refractivity contribution in [2.24, 2.45) is 0 Å². The summed E-state index contributed by atoms with van der Waals surface area (Å²) in [5.74, 6) is 0. The quantitative estimate of drug-likeness (QED) is 0.155. The van der Waals surface area contributed by atoms with Crippen LogP contribution in [0.15, 0.2) is 139 Å². The van der Waals surface area contributed by atoms with E-state index in [0.717, 1.165) is 121 Å². The normalized spacial score (nSPS) is 17.1. The van der Waals surface area contributed by atoms with Gasteiger partial charge in [0.25, 0.3) is 0 Å². The van der Waals surface area contributed by atoms with Crippen molar-refractivity contribution >= 4 is 133 Å². The molecule has 1 atom stereocenters. The minimum Gasteiger partial charge on any atom is -0.456 e. The lowest BCUT2D eigenvalue weighted by molar-refractivity contribution is -0.00875. The minimum absolute atomic E-state index is 0.602. The first kappa shape index (κ1) is 36.4. The molecule has 1 saturated heterocycles. The molecule has 1 unspecified atom stereocenters. The largest absolute Gasteiger partial charge is 0.498 e. The van der Waals surface area contributed by atoms with E-state index in [2.05, 4.69) is 131 Å². The molecule has 1 aliphatic rings. The van der Waals surface area contributed by atoms with Crippen LogP contribution in [0.3, 0.4) is 0 Å². The molecule has 5 heterocycles. The van der Waals surface area contributed by atoms with Crippen LogP contribution >= 0.6 is 11.6 Å². The van der Waals surface area contributed by atoms with Gasteiger partial charge in [-0.1, -0.05) is 73.5 Å². The number of halogens is 1. The SMILES string of the molecule is CCCCc1ccc2oc3c(ccc4c3ccc3c5cccc(B6OC(C)(C)C(C)(Cc7ccc8c(c7)oc7c8ccc8c7ccc7c9cccc(Cl)c9oc78)O6)c5oc34)c2c1. The lowest BCUT2D eigenvalue weighted by Gasteiger charge is -2.36. The predicted molar refractivity (Wildman–Crippen MR) is 254 cm³/mol. The van der Waals surface area contributed by atoms with Crippen molar-refractivity contribution in [3.05, 3.63) is 137 Å². The first-order chi connectivity index (χ1) is 30.2. The second-order valence-corrected chi connectivity index (χ2v) is 18.4. The first-order valence-corrected chi connectivity index (χ1v) is 22.0. The number of rotatable bonds is 6. The van der Waals surface area contributed by atoms with Crippen LogP contribution in [0.5, 0.6) is 0 Å². The Labute approximate surface area is 361 Å². The molecular weight excluding hydrogens is 791 g/mol. The molecule has 8 heteroatoms. The van der Waals surface area contributed by atoms with Crippen LogP contribution in [0, 0.1) is 0 Å². The highest BCUT2D eigenvalue weighted by Gasteiger charge is 2.55. The van der Waals surface area contributed by atoms with E-state index in [1.54, 1.807) is 0 Å². The number of benzene rings is 8. The third kappa shape index (κ3) is 5.07. The number of hydrogen-bond donors (Lipinski definition) is 0. The van der Waals surface area contributed by atoms with Crippen molar-refractivity contribution in [1.82, 2.24) is 0 Å². The van der Waals surface area contributed by atoms with Crippen LogP contribution in [0.2, 0.25) is 5.02 Å². The van der Waals surface area contributed by atoms with Gasteiger partial charge in [0.15, 0.2) is 5.58 Å². The van der Waals surface area contributed by atoms with E-state index in [1.165, 1.54) is 18.4 Å². The molecular formula is C54H40BClO6. The third-order valence-corrected chi connectivity index (χ3v) is 14.3. The van der Waals surface area contributed by atoms with Crippen molar-refractivity contribution in [2.75, 3.05) is 0 Å². The highest BCUT2D eigenvalue weighted by Crippen LogP contribution is 2.45. The average molecular weight is 831 g/mol. The average Bonchev–Trinajstić information content (AvgIpc) is 4.08. The zero-order valence-electron chi connectivity index (χ0n) is 34.8. The fraction of sp³-hybridized carbons (Fsp3) is 0.185. The molecule has 62 heavy (non-hydrogen) atoms. The van der Waals surface area contributed by atoms with Crippen molar-refractivity contribution in [1.29, 1.82) is 0 Å². The number of unbranched alkanes of at least 4 members (excludes halogenated alkanes) is 1. The summed E-state index contributed by atoms with van der Waals surface area (Å²) >= 11 is 6.53. The summed E-state index contributed by atoms with van der Waals surface area (Å²) in [4.78, 5) is 0. The van der Waals surface area contributed by atoms with Gasteiger partial charge in [0, 0.05) is 76.5 Å². The summed E-state index contributed by atoms with van der Waals surface area (Å²) in [5.41, 5.74) is 8.55. The number of fused-ring (bicyclic) bond motifs is 18. The molecule has 0 bridgehead atoms. The van der Waals surface area contributed by atoms with E-state index < -0.39 is 18.3 Å². The Bertz CT molecular complexity index is 3870. The molecule has 12 aromatic rings. The fourth-order valence-electron chi connectivity index (χ4n) is 10.3. The van der Waals surface area contributed by atoms with Gasteiger partial charge < -0.3 is 27.0 Å². The Morgan fingerprint density at radius 3 is 1.65 bits per heavy atom. The maximum absolute atomic E-state index is 7.03. The number of para-hydroxylation sites is 2. The van der Waals surface area contributed by atoms with Gasteiger partial charge in [0.1, 0.15) is 39.1 Å². The van der Waals surface area contributed by atoms with Crippen LogP contribution in [0.4, 0.5) is 0 Å². The maximum Gasteiger partial charge on any atom is 0.498 e. The Balaban J connectivity index is 0.849. The van der Waals surface area contributed by atoms with Crippen LogP contribution in [0.25, 0.3) is 109 Å².